The topological polar surface area (TPSA) is 166 Å². The SMILES string of the molecule is CCCOc1ccc2c(c1)C(c1ccc(OC)cc1OCC(=O)O)C(C(=O)OC(OCC)OC(=O)O)C2c1ccc2c(c1)OCO2. The van der Waals surface area contributed by atoms with Crippen LogP contribution in [0.3, 0.4) is 0 Å². The lowest BCUT2D eigenvalue weighted by molar-refractivity contribution is -0.257. The first-order valence-electron chi connectivity index (χ1n) is 14.6. The molecular weight excluding hydrogens is 604 g/mol. The van der Waals surface area contributed by atoms with Gasteiger partial charge in [-0.2, -0.15) is 0 Å². The molecule has 0 fully saturated rings. The zero-order valence-corrected chi connectivity index (χ0v) is 25.4. The van der Waals surface area contributed by atoms with Crippen molar-refractivity contribution in [3.8, 4) is 28.7 Å². The fraction of sp³-hybridized carbons (Fsp3) is 0.364. The van der Waals surface area contributed by atoms with Gasteiger partial charge in [-0.15, -0.1) is 0 Å². The zero-order valence-electron chi connectivity index (χ0n) is 25.4. The van der Waals surface area contributed by atoms with Crippen molar-refractivity contribution in [1.29, 1.82) is 0 Å². The molecule has 3 aromatic carbocycles. The van der Waals surface area contributed by atoms with Gasteiger partial charge in [0.1, 0.15) is 17.2 Å². The molecule has 13 heteroatoms. The summed E-state index contributed by atoms with van der Waals surface area (Å²) in [6, 6.07) is 15.8. The smallest absolute Gasteiger partial charge is 0.497 e. The second-order valence-electron chi connectivity index (χ2n) is 10.4. The molecule has 1 heterocycles. The van der Waals surface area contributed by atoms with E-state index in [2.05, 4.69) is 0 Å². The van der Waals surface area contributed by atoms with E-state index in [1.807, 2.05) is 31.2 Å². The van der Waals surface area contributed by atoms with Crippen molar-refractivity contribution in [3.63, 3.8) is 0 Å². The quantitative estimate of drug-likeness (QED) is 0.177. The number of ether oxygens (including phenoxy) is 8. The summed E-state index contributed by atoms with van der Waals surface area (Å²) < 4.78 is 43.8. The molecule has 0 saturated heterocycles. The monoisotopic (exact) mass is 638 g/mol. The van der Waals surface area contributed by atoms with Gasteiger partial charge in [0.15, 0.2) is 18.1 Å². The highest BCUT2D eigenvalue weighted by Gasteiger charge is 2.49. The van der Waals surface area contributed by atoms with E-state index in [1.165, 1.54) is 7.11 Å². The molecule has 46 heavy (non-hydrogen) atoms. The van der Waals surface area contributed by atoms with Gasteiger partial charge in [-0.05, 0) is 60.4 Å². The van der Waals surface area contributed by atoms with Crippen LogP contribution in [-0.2, 0) is 23.8 Å². The maximum absolute atomic E-state index is 14.3. The summed E-state index contributed by atoms with van der Waals surface area (Å²) in [5, 5.41) is 18.7. The van der Waals surface area contributed by atoms with Crippen LogP contribution in [0, 0.1) is 5.92 Å². The van der Waals surface area contributed by atoms with Crippen molar-refractivity contribution in [2.45, 2.75) is 38.6 Å². The molecule has 244 valence electrons. The molecule has 0 amide bonds. The Labute approximate surface area is 264 Å². The van der Waals surface area contributed by atoms with Crippen LogP contribution < -0.4 is 23.7 Å². The Hall–Kier alpha value is -5.17. The molecule has 1 aliphatic carbocycles. The largest absolute Gasteiger partial charge is 0.510 e. The van der Waals surface area contributed by atoms with E-state index in [0.717, 1.165) is 12.0 Å². The predicted molar refractivity (Wildman–Crippen MR) is 159 cm³/mol. The molecule has 1 aliphatic heterocycles. The lowest BCUT2D eigenvalue weighted by Crippen LogP contribution is -2.33. The number of aliphatic carboxylic acids is 1. The van der Waals surface area contributed by atoms with Gasteiger partial charge >= 0.3 is 24.6 Å². The molecular formula is C33H34O13. The van der Waals surface area contributed by atoms with Crippen molar-refractivity contribution in [1.82, 2.24) is 0 Å². The highest BCUT2D eigenvalue weighted by molar-refractivity contribution is 5.80. The molecule has 2 aliphatic rings. The number of carbonyl (C=O) groups excluding carboxylic acids is 1. The summed E-state index contributed by atoms with van der Waals surface area (Å²) >= 11 is 0. The van der Waals surface area contributed by atoms with E-state index in [0.29, 0.717) is 46.3 Å². The minimum absolute atomic E-state index is 0.00504. The molecule has 0 bridgehead atoms. The van der Waals surface area contributed by atoms with Crippen LogP contribution in [0.2, 0.25) is 0 Å². The average molecular weight is 639 g/mol. The number of methoxy groups -OCH3 is 1. The molecule has 5 rings (SSSR count). The van der Waals surface area contributed by atoms with Gasteiger partial charge in [0, 0.05) is 23.5 Å². The number of fused-ring (bicyclic) bond motifs is 2. The summed E-state index contributed by atoms with van der Waals surface area (Å²) in [5.41, 5.74) is 2.59. The number of hydrogen-bond acceptors (Lipinski definition) is 11. The van der Waals surface area contributed by atoms with Gasteiger partial charge in [0.05, 0.1) is 26.2 Å². The van der Waals surface area contributed by atoms with Crippen molar-refractivity contribution >= 4 is 18.1 Å². The van der Waals surface area contributed by atoms with Gasteiger partial charge in [0.25, 0.3) is 0 Å². The summed E-state index contributed by atoms with van der Waals surface area (Å²) in [4.78, 5) is 37.2. The van der Waals surface area contributed by atoms with Gasteiger partial charge < -0.3 is 48.1 Å². The van der Waals surface area contributed by atoms with E-state index in [4.69, 9.17) is 37.9 Å². The highest BCUT2D eigenvalue weighted by atomic mass is 16.9. The molecule has 3 aromatic rings. The first-order chi connectivity index (χ1) is 22.2. The number of carbonyl (C=O) groups is 3. The Morgan fingerprint density at radius 2 is 1.61 bits per heavy atom. The summed E-state index contributed by atoms with van der Waals surface area (Å²) in [5.74, 6) is -2.38. The third-order valence-corrected chi connectivity index (χ3v) is 7.57. The Bertz CT molecular complexity index is 1590. The van der Waals surface area contributed by atoms with Crippen LogP contribution >= 0.6 is 0 Å². The van der Waals surface area contributed by atoms with Crippen molar-refractivity contribution < 1.29 is 62.5 Å². The van der Waals surface area contributed by atoms with Crippen molar-refractivity contribution in [2.24, 2.45) is 5.92 Å². The summed E-state index contributed by atoms with van der Waals surface area (Å²) in [6.45, 7) is 1.59. The van der Waals surface area contributed by atoms with E-state index >= 15 is 0 Å². The minimum atomic E-state index is -1.83. The Morgan fingerprint density at radius 3 is 2.33 bits per heavy atom. The highest BCUT2D eigenvalue weighted by Crippen LogP contribution is 2.56. The molecule has 0 radical (unpaired) electrons. The average Bonchev–Trinajstić information content (AvgIpc) is 3.64. The van der Waals surface area contributed by atoms with Gasteiger partial charge in [0.2, 0.25) is 6.79 Å². The van der Waals surface area contributed by atoms with Crippen LogP contribution in [0.1, 0.15) is 54.4 Å². The fourth-order valence-electron chi connectivity index (χ4n) is 5.77. The summed E-state index contributed by atoms with van der Waals surface area (Å²) in [7, 11) is 1.46. The number of hydrogen-bond donors (Lipinski definition) is 2. The Kier molecular flexibility index (Phi) is 10.0. The number of rotatable bonds is 14. The first kappa shape index (κ1) is 32.2. The predicted octanol–water partition coefficient (Wildman–Crippen LogP) is 5.13. The van der Waals surface area contributed by atoms with Crippen LogP contribution in [0.5, 0.6) is 28.7 Å². The van der Waals surface area contributed by atoms with E-state index in [-0.39, 0.29) is 19.1 Å². The molecule has 0 spiro atoms. The van der Waals surface area contributed by atoms with Gasteiger partial charge in [-0.3, -0.25) is 4.79 Å². The van der Waals surface area contributed by atoms with Crippen LogP contribution in [0.15, 0.2) is 54.6 Å². The first-order valence-corrected chi connectivity index (χ1v) is 14.6. The van der Waals surface area contributed by atoms with E-state index < -0.39 is 48.9 Å². The number of benzene rings is 3. The maximum Gasteiger partial charge on any atom is 0.510 e. The van der Waals surface area contributed by atoms with Gasteiger partial charge in [-0.1, -0.05) is 25.1 Å². The van der Waals surface area contributed by atoms with Crippen LogP contribution in [-0.4, -0.2) is 68.5 Å². The standard InChI is InChI=1S/C33H34O13/c1-4-12-41-20-8-9-21-23(14-20)29(22-10-7-19(39-3)15-25(22)42-16-27(34)35)30(31(36)45-33(40-5-2)46-32(37)38)28(21)18-6-11-24-26(13-18)44-17-43-24/h6-11,13-15,28-30,33H,4-5,12,16-17H2,1-3H3,(H,34,35)(H,37,38). The number of carboxylic acid groups (broad SMARTS) is 2. The van der Waals surface area contributed by atoms with Crippen LogP contribution in [0.25, 0.3) is 0 Å². The molecule has 0 aromatic heterocycles. The third-order valence-electron chi connectivity index (χ3n) is 7.57. The number of carboxylic acids is 1. The normalized spacial score (nSPS) is 18.3. The van der Waals surface area contributed by atoms with Crippen molar-refractivity contribution in [2.75, 3.05) is 33.7 Å². The second-order valence-corrected chi connectivity index (χ2v) is 10.4. The lowest BCUT2D eigenvalue weighted by atomic mass is 9.79. The van der Waals surface area contributed by atoms with E-state index in [9.17, 15) is 24.6 Å². The maximum atomic E-state index is 14.3. The van der Waals surface area contributed by atoms with Crippen molar-refractivity contribution in [3.05, 3.63) is 76.9 Å². The molecule has 4 atom stereocenters. The summed E-state index contributed by atoms with van der Waals surface area (Å²) in [6.07, 6.45) is -0.925. The Balaban J connectivity index is 1.71. The molecule has 2 N–H and O–H groups in total. The van der Waals surface area contributed by atoms with Crippen LogP contribution in [0.4, 0.5) is 4.79 Å². The molecule has 0 saturated carbocycles. The molecule has 13 nitrogen and oxygen atoms in total. The number of esters is 1. The molecule has 4 unspecified atom stereocenters. The fourth-order valence-corrected chi connectivity index (χ4v) is 5.77. The van der Waals surface area contributed by atoms with E-state index in [1.54, 1.807) is 37.3 Å². The second kappa shape index (κ2) is 14.3. The zero-order chi connectivity index (χ0) is 32.8. The lowest BCUT2D eigenvalue weighted by Gasteiger charge is -2.27. The van der Waals surface area contributed by atoms with Gasteiger partial charge in [-0.25, -0.2) is 9.59 Å². The Morgan fingerprint density at radius 1 is 0.848 bits per heavy atom. The third kappa shape index (κ3) is 6.89. The minimum Gasteiger partial charge on any atom is -0.497 e.